The highest BCUT2D eigenvalue weighted by molar-refractivity contribution is 5.92. The van der Waals surface area contributed by atoms with E-state index in [-0.39, 0.29) is 5.41 Å². The lowest BCUT2D eigenvalue weighted by molar-refractivity contribution is 0.790. The van der Waals surface area contributed by atoms with Gasteiger partial charge in [-0.05, 0) is 42.0 Å². The average Bonchev–Trinajstić information content (AvgIpc) is 3.20. The van der Waals surface area contributed by atoms with E-state index in [1.54, 1.807) is 12.4 Å². The van der Waals surface area contributed by atoms with Crippen LogP contribution < -0.4 is 5.73 Å². The average molecular weight is 316 g/mol. The van der Waals surface area contributed by atoms with E-state index in [1.807, 2.05) is 35.2 Å². The van der Waals surface area contributed by atoms with Crippen LogP contribution in [0.4, 0.5) is 5.82 Å². The van der Waals surface area contributed by atoms with Gasteiger partial charge in [0, 0.05) is 24.0 Å². The van der Waals surface area contributed by atoms with Crippen LogP contribution in [0, 0.1) is 0 Å². The van der Waals surface area contributed by atoms with Crippen LogP contribution in [0.25, 0.3) is 27.9 Å². The Morgan fingerprint density at radius 1 is 1.12 bits per heavy atom. The Hall–Kier alpha value is -3.02. The molecule has 0 atom stereocenters. The Labute approximate surface area is 138 Å². The van der Waals surface area contributed by atoms with Crippen molar-refractivity contribution < 1.29 is 0 Å². The van der Waals surface area contributed by atoms with Crippen LogP contribution in [0.1, 0.15) is 25.3 Å². The number of rotatable bonds is 2. The fourth-order valence-electron chi connectivity index (χ4n) is 3.26. The van der Waals surface area contributed by atoms with Gasteiger partial charge in [0.15, 0.2) is 0 Å². The molecule has 5 rings (SSSR count). The fraction of sp³-hybridized carbons (Fsp3) is 0.222. The smallest absolute Gasteiger partial charge is 0.236 e. The van der Waals surface area contributed by atoms with Crippen LogP contribution in [0.15, 0.2) is 43.0 Å². The summed E-state index contributed by atoms with van der Waals surface area (Å²) < 4.78 is 1.91. The maximum Gasteiger partial charge on any atom is 0.236 e. The van der Waals surface area contributed by atoms with Crippen molar-refractivity contribution in [2.75, 3.05) is 5.73 Å². The van der Waals surface area contributed by atoms with Crippen molar-refractivity contribution in [3.63, 3.8) is 0 Å². The van der Waals surface area contributed by atoms with Gasteiger partial charge in [-0.1, -0.05) is 6.92 Å². The normalized spacial score (nSPS) is 15.9. The van der Waals surface area contributed by atoms with Gasteiger partial charge in [-0.2, -0.15) is 4.98 Å². The Morgan fingerprint density at radius 2 is 2.00 bits per heavy atom. The maximum atomic E-state index is 6.32. The van der Waals surface area contributed by atoms with Gasteiger partial charge in [-0.15, -0.1) is 0 Å². The molecule has 1 saturated carbocycles. The van der Waals surface area contributed by atoms with E-state index in [1.165, 1.54) is 0 Å². The summed E-state index contributed by atoms with van der Waals surface area (Å²) >= 11 is 0. The summed E-state index contributed by atoms with van der Waals surface area (Å²) in [5.41, 5.74) is 10.3. The highest BCUT2D eigenvalue weighted by Crippen LogP contribution is 2.50. The fourth-order valence-corrected chi connectivity index (χ4v) is 3.26. The summed E-state index contributed by atoms with van der Waals surface area (Å²) in [7, 11) is 0. The van der Waals surface area contributed by atoms with E-state index in [0.29, 0.717) is 11.8 Å². The molecule has 0 amide bonds. The predicted octanol–water partition coefficient (Wildman–Crippen LogP) is 3.00. The van der Waals surface area contributed by atoms with Crippen LogP contribution in [0.5, 0.6) is 0 Å². The Bertz CT molecular complexity index is 1090. The lowest BCUT2D eigenvalue weighted by atomic mass is 9.96. The zero-order chi connectivity index (χ0) is 16.3. The summed E-state index contributed by atoms with van der Waals surface area (Å²) in [5, 5.41) is 0.934. The minimum atomic E-state index is 0.162. The molecule has 0 unspecified atom stereocenters. The zero-order valence-electron chi connectivity index (χ0n) is 13.3. The second kappa shape index (κ2) is 4.50. The molecule has 1 aliphatic carbocycles. The number of pyridine rings is 2. The van der Waals surface area contributed by atoms with Gasteiger partial charge >= 0.3 is 0 Å². The topological polar surface area (TPSA) is 82.5 Å². The molecule has 6 nitrogen and oxygen atoms in total. The van der Waals surface area contributed by atoms with Crippen molar-refractivity contribution in [2.24, 2.45) is 0 Å². The van der Waals surface area contributed by atoms with Crippen LogP contribution in [-0.4, -0.2) is 24.5 Å². The standard InChI is InChI=1S/C18H16N6/c1-18(5-6-18)11-9-20-10-13-15(11)16(19)23-17(22-13)24-8-4-12-14(24)3-2-7-21-12/h2-4,7-10H,5-6H2,1H3,(H2,19,22,23). The van der Waals surface area contributed by atoms with E-state index in [2.05, 4.69) is 21.9 Å². The molecule has 4 aromatic heterocycles. The molecule has 0 aliphatic heterocycles. The van der Waals surface area contributed by atoms with E-state index in [0.717, 1.165) is 40.3 Å². The van der Waals surface area contributed by atoms with E-state index in [4.69, 9.17) is 10.7 Å². The largest absolute Gasteiger partial charge is 0.383 e. The number of hydrogen-bond donors (Lipinski definition) is 1. The van der Waals surface area contributed by atoms with E-state index in [9.17, 15) is 0 Å². The first-order valence-electron chi connectivity index (χ1n) is 8.00. The molecule has 4 heterocycles. The van der Waals surface area contributed by atoms with Crippen LogP contribution in [0.2, 0.25) is 0 Å². The molecule has 6 heteroatoms. The molecule has 0 radical (unpaired) electrons. The van der Waals surface area contributed by atoms with Gasteiger partial charge < -0.3 is 5.73 Å². The van der Waals surface area contributed by atoms with Gasteiger partial charge in [0.25, 0.3) is 0 Å². The first kappa shape index (κ1) is 13.4. The molecule has 2 N–H and O–H groups in total. The summed E-state index contributed by atoms with van der Waals surface area (Å²) in [5.74, 6) is 1.05. The molecule has 118 valence electrons. The van der Waals surface area contributed by atoms with Crippen LogP contribution in [-0.2, 0) is 5.41 Å². The maximum absolute atomic E-state index is 6.32. The molecule has 0 saturated heterocycles. The van der Waals surface area contributed by atoms with Crippen molar-refractivity contribution in [3.8, 4) is 5.95 Å². The van der Waals surface area contributed by atoms with Crippen molar-refractivity contribution in [2.45, 2.75) is 25.2 Å². The molecule has 0 bridgehead atoms. The summed E-state index contributed by atoms with van der Waals surface area (Å²) in [6.07, 6.45) is 9.66. The number of hydrogen-bond acceptors (Lipinski definition) is 5. The number of anilines is 1. The third-order valence-corrected chi connectivity index (χ3v) is 4.95. The van der Waals surface area contributed by atoms with Crippen LogP contribution in [0.3, 0.4) is 0 Å². The van der Waals surface area contributed by atoms with Crippen molar-refractivity contribution in [1.82, 2.24) is 24.5 Å². The number of nitrogens with zero attached hydrogens (tertiary/aromatic N) is 5. The first-order chi connectivity index (χ1) is 11.7. The third-order valence-electron chi connectivity index (χ3n) is 4.95. The second-order valence-corrected chi connectivity index (χ2v) is 6.64. The monoisotopic (exact) mass is 316 g/mol. The molecular weight excluding hydrogens is 300 g/mol. The molecular formula is C18H16N6. The highest BCUT2D eigenvalue weighted by atomic mass is 15.2. The van der Waals surface area contributed by atoms with Gasteiger partial charge in [0.1, 0.15) is 5.82 Å². The summed E-state index contributed by atoms with van der Waals surface area (Å²) in [6.45, 7) is 2.24. The van der Waals surface area contributed by atoms with E-state index >= 15 is 0 Å². The van der Waals surface area contributed by atoms with Gasteiger partial charge in [-0.25, -0.2) is 4.98 Å². The van der Waals surface area contributed by atoms with Crippen molar-refractivity contribution in [1.29, 1.82) is 0 Å². The summed E-state index contributed by atoms with van der Waals surface area (Å²) in [6, 6.07) is 5.84. The SMILES string of the molecule is CC1(c2cncc3nc(-n4ccc5ncccc54)nc(N)c23)CC1. The highest BCUT2D eigenvalue weighted by Gasteiger charge is 2.41. The zero-order valence-corrected chi connectivity index (χ0v) is 13.3. The quantitative estimate of drug-likeness (QED) is 0.614. The minimum Gasteiger partial charge on any atom is -0.383 e. The number of aromatic nitrogens is 5. The molecule has 0 spiro atoms. The minimum absolute atomic E-state index is 0.162. The predicted molar refractivity (Wildman–Crippen MR) is 93.0 cm³/mol. The third kappa shape index (κ3) is 1.83. The lowest BCUT2D eigenvalue weighted by Crippen LogP contribution is -2.09. The van der Waals surface area contributed by atoms with Gasteiger partial charge in [0.2, 0.25) is 5.95 Å². The molecule has 0 aromatic carbocycles. The molecule has 4 aromatic rings. The Kier molecular flexibility index (Phi) is 2.52. The van der Waals surface area contributed by atoms with E-state index < -0.39 is 0 Å². The number of nitrogen functional groups attached to an aromatic ring is 1. The number of nitrogens with two attached hydrogens (primary N) is 1. The lowest BCUT2D eigenvalue weighted by Gasteiger charge is -2.14. The second-order valence-electron chi connectivity index (χ2n) is 6.64. The Morgan fingerprint density at radius 3 is 2.83 bits per heavy atom. The van der Waals surface area contributed by atoms with Crippen molar-refractivity contribution in [3.05, 3.63) is 48.5 Å². The molecule has 1 fully saturated rings. The molecule has 1 aliphatic rings. The molecule has 24 heavy (non-hydrogen) atoms. The summed E-state index contributed by atoms with van der Waals surface area (Å²) in [4.78, 5) is 18.0. The Balaban J connectivity index is 1.77. The number of fused-ring (bicyclic) bond motifs is 2. The first-order valence-corrected chi connectivity index (χ1v) is 8.00. The van der Waals surface area contributed by atoms with Crippen LogP contribution >= 0.6 is 0 Å². The van der Waals surface area contributed by atoms with Gasteiger partial charge in [-0.3, -0.25) is 14.5 Å². The van der Waals surface area contributed by atoms with Crippen molar-refractivity contribution >= 4 is 27.8 Å². The van der Waals surface area contributed by atoms with Gasteiger partial charge in [0.05, 0.1) is 22.7 Å².